The summed E-state index contributed by atoms with van der Waals surface area (Å²) >= 11 is 0. The average Bonchev–Trinajstić information content (AvgIpc) is 2.47. The summed E-state index contributed by atoms with van der Waals surface area (Å²) in [4.78, 5) is 29.5. The maximum absolute atomic E-state index is 11.3. The van der Waals surface area contributed by atoms with Crippen LogP contribution < -0.4 is 5.73 Å². The summed E-state index contributed by atoms with van der Waals surface area (Å²) < 4.78 is 4.89. The van der Waals surface area contributed by atoms with E-state index in [9.17, 15) is 4.79 Å². The van der Waals surface area contributed by atoms with Crippen LogP contribution in [0.2, 0.25) is 0 Å². The second-order valence-electron chi connectivity index (χ2n) is 4.28. The van der Waals surface area contributed by atoms with Gasteiger partial charge < -0.3 is 20.7 Å². The average molecular weight is 311 g/mol. The fraction of sp³-hybridized carbons (Fsp3) is 0.400. The molecule has 7 heteroatoms. The second-order valence-corrected chi connectivity index (χ2v) is 4.28. The van der Waals surface area contributed by atoms with Gasteiger partial charge in [0, 0.05) is 6.04 Å². The number of hydrogen-bond donors (Lipinski definition) is 3. The van der Waals surface area contributed by atoms with Gasteiger partial charge in [0.25, 0.3) is 0 Å². The molecule has 0 radical (unpaired) electrons. The van der Waals surface area contributed by atoms with Crippen LogP contribution in [0.4, 0.5) is 0 Å². The molecule has 4 N–H and O–H groups in total. The zero-order chi connectivity index (χ0) is 17.1. The molecule has 0 aromatic heterocycles. The normalized spacial score (nSPS) is 10.9. The molecule has 0 aliphatic carbocycles. The van der Waals surface area contributed by atoms with E-state index in [0.29, 0.717) is 6.61 Å². The summed E-state index contributed by atoms with van der Waals surface area (Å²) in [5.41, 5.74) is 8.24. The third-order valence-corrected chi connectivity index (χ3v) is 2.71. The molecule has 0 bridgehead atoms. The Balaban J connectivity index is 0.000000626. The minimum atomic E-state index is -1.82. The van der Waals surface area contributed by atoms with Crippen LogP contribution in [-0.4, -0.2) is 34.7 Å². The van der Waals surface area contributed by atoms with Gasteiger partial charge in [-0.1, -0.05) is 31.2 Å². The molecule has 0 fully saturated rings. The maximum Gasteiger partial charge on any atom is 0.414 e. The van der Waals surface area contributed by atoms with Crippen molar-refractivity contribution < 1.29 is 29.3 Å². The van der Waals surface area contributed by atoms with Crippen LogP contribution in [0.25, 0.3) is 0 Å². The molecule has 0 saturated carbocycles. The van der Waals surface area contributed by atoms with Gasteiger partial charge in [0.05, 0.1) is 13.0 Å². The Labute approximate surface area is 128 Å². The fourth-order valence-electron chi connectivity index (χ4n) is 1.73. The highest BCUT2D eigenvalue weighted by molar-refractivity contribution is 6.27. The van der Waals surface area contributed by atoms with E-state index in [1.165, 1.54) is 5.56 Å². The first kappa shape index (κ1) is 19.6. The summed E-state index contributed by atoms with van der Waals surface area (Å²) in [5.74, 6) is -3.88. The van der Waals surface area contributed by atoms with Gasteiger partial charge in [-0.05, 0) is 24.5 Å². The highest BCUT2D eigenvalue weighted by atomic mass is 16.5. The van der Waals surface area contributed by atoms with Crippen LogP contribution >= 0.6 is 0 Å². The summed E-state index contributed by atoms with van der Waals surface area (Å²) in [6, 6.07) is 7.68. The lowest BCUT2D eigenvalue weighted by Gasteiger charge is -2.14. The zero-order valence-electron chi connectivity index (χ0n) is 12.6. The molecule has 1 rings (SSSR count). The van der Waals surface area contributed by atoms with Crippen molar-refractivity contribution in [3.8, 4) is 0 Å². The molecule has 1 aromatic rings. The topological polar surface area (TPSA) is 127 Å². The second kappa shape index (κ2) is 10.3. The van der Waals surface area contributed by atoms with Crippen molar-refractivity contribution in [2.75, 3.05) is 6.61 Å². The standard InChI is InChI=1S/C13H19NO2.C2H2O4/c1-3-10-7-5-6-8-11(10)12(14)9-13(15)16-4-2;3-1(4)2(5)6/h5-8,12H,3-4,9,14H2,1-2H3;(H,3,4)(H,5,6). The van der Waals surface area contributed by atoms with E-state index in [0.717, 1.165) is 12.0 Å². The largest absolute Gasteiger partial charge is 0.473 e. The van der Waals surface area contributed by atoms with Gasteiger partial charge in [-0.25, -0.2) is 9.59 Å². The number of benzene rings is 1. The van der Waals surface area contributed by atoms with E-state index >= 15 is 0 Å². The van der Waals surface area contributed by atoms with Gasteiger partial charge in [-0.2, -0.15) is 0 Å². The Bertz CT molecular complexity index is 503. The Morgan fingerprint density at radius 1 is 1.14 bits per heavy atom. The molecular weight excluding hydrogens is 290 g/mol. The van der Waals surface area contributed by atoms with E-state index in [2.05, 4.69) is 6.92 Å². The molecule has 22 heavy (non-hydrogen) atoms. The molecule has 0 aliphatic rings. The van der Waals surface area contributed by atoms with E-state index in [1.807, 2.05) is 24.3 Å². The van der Waals surface area contributed by atoms with Crippen LogP contribution in [-0.2, 0) is 25.5 Å². The van der Waals surface area contributed by atoms with E-state index < -0.39 is 11.9 Å². The number of aliphatic carboxylic acids is 2. The van der Waals surface area contributed by atoms with Crippen molar-refractivity contribution >= 4 is 17.9 Å². The highest BCUT2D eigenvalue weighted by Crippen LogP contribution is 2.19. The third-order valence-electron chi connectivity index (χ3n) is 2.71. The smallest absolute Gasteiger partial charge is 0.414 e. The number of nitrogens with two attached hydrogens (primary N) is 1. The molecule has 0 heterocycles. The number of ether oxygens (including phenoxy) is 1. The summed E-state index contributed by atoms with van der Waals surface area (Å²) in [7, 11) is 0. The quantitative estimate of drug-likeness (QED) is 0.553. The first-order chi connectivity index (χ1) is 10.3. The van der Waals surface area contributed by atoms with Crippen molar-refractivity contribution in [2.24, 2.45) is 5.73 Å². The van der Waals surface area contributed by atoms with Gasteiger partial charge >= 0.3 is 17.9 Å². The monoisotopic (exact) mass is 311 g/mol. The maximum atomic E-state index is 11.3. The molecule has 1 unspecified atom stereocenters. The van der Waals surface area contributed by atoms with E-state index in [4.69, 9.17) is 30.3 Å². The number of aryl methyl sites for hydroxylation is 1. The molecule has 7 nitrogen and oxygen atoms in total. The molecule has 122 valence electrons. The molecule has 0 aliphatic heterocycles. The van der Waals surface area contributed by atoms with Crippen LogP contribution in [0, 0.1) is 0 Å². The minimum absolute atomic E-state index is 0.235. The first-order valence-corrected chi connectivity index (χ1v) is 6.78. The van der Waals surface area contributed by atoms with Crippen molar-refractivity contribution in [3.63, 3.8) is 0 Å². The van der Waals surface area contributed by atoms with Gasteiger partial charge in [0.2, 0.25) is 0 Å². The summed E-state index contributed by atoms with van der Waals surface area (Å²) in [5, 5.41) is 14.8. The molecule has 0 amide bonds. The summed E-state index contributed by atoms with van der Waals surface area (Å²) in [6.45, 7) is 4.28. The fourth-order valence-corrected chi connectivity index (χ4v) is 1.73. The van der Waals surface area contributed by atoms with E-state index in [-0.39, 0.29) is 18.4 Å². The van der Waals surface area contributed by atoms with Gasteiger partial charge in [0.1, 0.15) is 0 Å². The van der Waals surface area contributed by atoms with Crippen molar-refractivity contribution in [1.82, 2.24) is 0 Å². The highest BCUT2D eigenvalue weighted by Gasteiger charge is 2.14. The number of carbonyl (C=O) groups excluding carboxylic acids is 1. The number of carboxylic acid groups (broad SMARTS) is 2. The molecule has 1 atom stereocenters. The SMILES string of the molecule is CCOC(=O)CC(N)c1ccccc1CC.O=C(O)C(=O)O. The van der Waals surface area contributed by atoms with Crippen molar-refractivity contribution in [3.05, 3.63) is 35.4 Å². The number of carbonyl (C=O) groups is 3. The molecule has 1 aromatic carbocycles. The van der Waals surface area contributed by atoms with Crippen molar-refractivity contribution in [1.29, 1.82) is 0 Å². The first-order valence-electron chi connectivity index (χ1n) is 6.78. The number of carboxylic acids is 2. The van der Waals surface area contributed by atoms with Crippen LogP contribution in [0.5, 0.6) is 0 Å². The number of esters is 1. The Hall–Kier alpha value is -2.41. The third kappa shape index (κ3) is 7.39. The Morgan fingerprint density at radius 2 is 1.68 bits per heavy atom. The predicted molar refractivity (Wildman–Crippen MR) is 79.3 cm³/mol. The molecule has 0 spiro atoms. The van der Waals surface area contributed by atoms with Crippen LogP contribution in [0.3, 0.4) is 0 Å². The van der Waals surface area contributed by atoms with Crippen LogP contribution in [0.1, 0.15) is 37.4 Å². The number of hydrogen-bond acceptors (Lipinski definition) is 5. The van der Waals surface area contributed by atoms with Gasteiger partial charge in [0.15, 0.2) is 0 Å². The molecule has 0 saturated heterocycles. The lowest BCUT2D eigenvalue weighted by molar-refractivity contribution is -0.159. The Morgan fingerprint density at radius 3 is 2.14 bits per heavy atom. The molecular formula is C15H21NO6. The predicted octanol–water partition coefficient (Wildman–Crippen LogP) is 1.36. The summed E-state index contributed by atoms with van der Waals surface area (Å²) in [6.07, 6.45) is 1.16. The Kier molecular flexibility index (Phi) is 9.20. The van der Waals surface area contributed by atoms with Crippen LogP contribution in [0.15, 0.2) is 24.3 Å². The van der Waals surface area contributed by atoms with Crippen molar-refractivity contribution in [2.45, 2.75) is 32.7 Å². The minimum Gasteiger partial charge on any atom is -0.473 e. The zero-order valence-corrected chi connectivity index (χ0v) is 12.6. The van der Waals surface area contributed by atoms with E-state index in [1.54, 1.807) is 6.92 Å². The van der Waals surface area contributed by atoms with Gasteiger partial charge in [-0.15, -0.1) is 0 Å². The number of rotatable bonds is 5. The lowest BCUT2D eigenvalue weighted by atomic mass is 9.97. The van der Waals surface area contributed by atoms with Gasteiger partial charge in [-0.3, -0.25) is 4.79 Å². The lowest BCUT2D eigenvalue weighted by Crippen LogP contribution is -2.18.